The van der Waals surface area contributed by atoms with Crippen molar-refractivity contribution in [2.45, 2.75) is 0 Å². The summed E-state index contributed by atoms with van der Waals surface area (Å²) >= 11 is 0. The summed E-state index contributed by atoms with van der Waals surface area (Å²) in [5.41, 5.74) is 10.3. The van der Waals surface area contributed by atoms with Gasteiger partial charge in [0.05, 0.1) is 11.4 Å². The van der Waals surface area contributed by atoms with Crippen LogP contribution in [0.4, 0.5) is 0 Å². The first-order valence-corrected chi connectivity index (χ1v) is 16.1. The van der Waals surface area contributed by atoms with Crippen molar-refractivity contribution in [3.05, 3.63) is 158 Å². The Kier molecular flexibility index (Phi) is 5.84. The van der Waals surface area contributed by atoms with Crippen LogP contribution < -0.4 is 0 Å². The highest BCUT2D eigenvalue weighted by Crippen LogP contribution is 2.41. The van der Waals surface area contributed by atoms with Crippen molar-refractivity contribution in [3.63, 3.8) is 0 Å². The molecule has 48 heavy (non-hydrogen) atoms. The predicted molar refractivity (Wildman–Crippen MR) is 196 cm³/mol. The average Bonchev–Trinajstić information content (AvgIpc) is 3.74. The van der Waals surface area contributed by atoms with Crippen LogP contribution in [0.15, 0.2) is 167 Å². The minimum Gasteiger partial charge on any atom is -0.456 e. The molecule has 0 bridgehead atoms. The summed E-state index contributed by atoms with van der Waals surface area (Å²) in [6.45, 7) is 0. The molecule has 10 aromatic rings. The fourth-order valence-electron chi connectivity index (χ4n) is 7.05. The van der Waals surface area contributed by atoms with Crippen LogP contribution in [0.2, 0.25) is 0 Å². The minimum atomic E-state index is 0.641. The van der Waals surface area contributed by atoms with Gasteiger partial charge in [0.2, 0.25) is 0 Å². The van der Waals surface area contributed by atoms with Crippen molar-refractivity contribution in [2.75, 3.05) is 0 Å². The van der Waals surface area contributed by atoms with Gasteiger partial charge in [-0.05, 0) is 46.8 Å². The van der Waals surface area contributed by atoms with E-state index in [0.717, 1.165) is 88.3 Å². The molecule has 0 fully saturated rings. The molecule has 3 heterocycles. The summed E-state index contributed by atoms with van der Waals surface area (Å²) in [7, 11) is 0. The number of hydrogen-bond donors (Lipinski definition) is 0. The summed E-state index contributed by atoms with van der Waals surface area (Å²) in [6.07, 6.45) is 0. The van der Waals surface area contributed by atoms with E-state index in [2.05, 4.69) is 109 Å². The molecule has 224 valence electrons. The molecule has 10 rings (SSSR count). The molecule has 0 N–H and O–H groups in total. The monoisotopic (exact) mass is 614 g/mol. The molecule has 0 spiro atoms. The normalized spacial score (nSPS) is 11.8. The summed E-state index contributed by atoms with van der Waals surface area (Å²) in [6, 6.07) is 54.3. The highest BCUT2D eigenvalue weighted by molar-refractivity contribution is 6.19. The van der Waals surface area contributed by atoms with Crippen molar-refractivity contribution in [1.82, 2.24) is 9.97 Å². The molecule has 0 atom stereocenters. The lowest BCUT2D eigenvalue weighted by molar-refractivity contribution is 0.669. The SMILES string of the molecule is c1ccc(-c2ccc(-c3cc(-c4cccc5oc6c7ccccc7ccc6c45)nc(-c4cccc5oc6ccccc6c45)n3)cc2)cc1. The lowest BCUT2D eigenvalue weighted by Gasteiger charge is -2.11. The van der Waals surface area contributed by atoms with E-state index < -0.39 is 0 Å². The zero-order chi connectivity index (χ0) is 31.6. The van der Waals surface area contributed by atoms with Crippen LogP contribution in [-0.2, 0) is 0 Å². The second-order valence-corrected chi connectivity index (χ2v) is 12.1. The molecule has 0 radical (unpaired) electrons. The first-order chi connectivity index (χ1) is 23.8. The maximum absolute atomic E-state index is 6.55. The summed E-state index contributed by atoms with van der Waals surface area (Å²) in [5, 5.41) is 6.40. The van der Waals surface area contributed by atoms with E-state index in [-0.39, 0.29) is 0 Å². The molecule has 0 aliphatic heterocycles. The highest BCUT2D eigenvalue weighted by atomic mass is 16.3. The summed E-state index contributed by atoms with van der Waals surface area (Å²) < 4.78 is 12.8. The van der Waals surface area contributed by atoms with Crippen LogP contribution >= 0.6 is 0 Å². The van der Waals surface area contributed by atoms with Gasteiger partial charge in [0, 0.05) is 43.6 Å². The van der Waals surface area contributed by atoms with Gasteiger partial charge in [0.1, 0.15) is 22.3 Å². The number of fused-ring (bicyclic) bond motifs is 8. The van der Waals surface area contributed by atoms with Gasteiger partial charge in [-0.3, -0.25) is 0 Å². The molecular formula is C44H26N2O2. The largest absolute Gasteiger partial charge is 0.456 e. The predicted octanol–water partition coefficient (Wildman–Crippen LogP) is 12.1. The van der Waals surface area contributed by atoms with E-state index >= 15 is 0 Å². The molecule has 0 unspecified atom stereocenters. The molecule has 7 aromatic carbocycles. The quantitative estimate of drug-likeness (QED) is 0.198. The third kappa shape index (κ3) is 4.16. The van der Waals surface area contributed by atoms with Crippen LogP contribution in [-0.4, -0.2) is 9.97 Å². The lowest BCUT2D eigenvalue weighted by atomic mass is 9.99. The summed E-state index contributed by atoms with van der Waals surface area (Å²) in [5.74, 6) is 0.641. The molecular weight excluding hydrogens is 588 g/mol. The zero-order valence-corrected chi connectivity index (χ0v) is 25.7. The topological polar surface area (TPSA) is 52.1 Å². The number of nitrogens with zero attached hydrogens (tertiary/aromatic N) is 2. The number of rotatable bonds is 4. The number of benzene rings is 7. The average molecular weight is 615 g/mol. The Bertz CT molecular complexity index is 2830. The standard InChI is InChI=1S/C44H26N2O2/c1-2-10-27(11-3-1)28-20-22-30(23-21-28)36-26-37(46-44(45-36)35-16-9-18-39-42(35)33-14-6-7-17-38(33)47-39)32-15-8-19-40-41(32)34-25-24-29-12-4-5-13-31(29)43(34)48-40/h1-26H. The van der Waals surface area contributed by atoms with Crippen LogP contribution in [0.5, 0.6) is 0 Å². The number of aromatic nitrogens is 2. The number of hydrogen-bond acceptors (Lipinski definition) is 4. The van der Waals surface area contributed by atoms with E-state index in [1.165, 1.54) is 5.56 Å². The first kappa shape index (κ1) is 26.7. The lowest BCUT2D eigenvalue weighted by Crippen LogP contribution is -1.96. The highest BCUT2D eigenvalue weighted by Gasteiger charge is 2.20. The second-order valence-electron chi connectivity index (χ2n) is 12.1. The maximum atomic E-state index is 6.55. The fraction of sp³-hybridized carbons (Fsp3) is 0. The molecule has 0 saturated heterocycles. The van der Waals surface area contributed by atoms with Crippen LogP contribution in [0, 0.1) is 0 Å². The van der Waals surface area contributed by atoms with Crippen LogP contribution in [0.3, 0.4) is 0 Å². The molecule has 4 nitrogen and oxygen atoms in total. The first-order valence-electron chi connectivity index (χ1n) is 16.1. The number of para-hydroxylation sites is 1. The van der Waals surface area contributed by atoms with Gasteiger partial charge in [0.15, 0.2) is 5.82 Å². The van der Waals surface area contributed by atoms with Crippen LogP contribution in [0.25, 0.3) is 99.7 Å². The molecule has 0 aliphatic carbocycles. The molecule has 0 saturated carbocycles. The third-order valence-corrected chi connectivity index (χ3v) is 9.32. The third-order valence-electron chi connectivity index (χ3n) is 9.32. The van der Waals surface area contributed by atoms with Crippen molar-refractivity contribution in [1.29, 1.82) is 0 Å². The van der Waals surface area contributed by atoms with E-state index in [1.807, 2.05) is 48.5 Å². The van der Waals surface area contributed by atoms with Gasteiger partial charge in [-0.15, -0.1) is 0 Å². The van der Waals surface area contributed by atoms with Crippen molar-refractivity contribution < 1.29 is 8.83 Å². The van der Waals surface area contributed by atoms with Gasteiger partial charge in [-0.1, -0.05) is 127 Å². The van der Waals surface area contributed by atoms with Gasteiger partial charge < -0.3 is 8.83 Å². The van der Waals surface area contributed by atoms with Gasteiger partial charge in [-0.25, -0.2) is 9.97 Å². The van der Waals surface area contributed by atoms with Crippen molar-refractivity contribution >= 4 is 54.6 Å². The van der Waals surface area contributed by atoms with E-state index in [0.29, 0.717) is 5.82 Å². The Morgan fingerprint density at radius 1 is 0.375 bits per heavy atom. The number of furan rings is 2. The molecule has 0 aliphatic rings. The van der Waals surface area contributed by atoms with E-state index in [4.69, 9.17) is 18.8 Å². The molecule has 4 heteroatoms. The Labute approximate surface area is 275 Å². The Balaban J connectivity index is 1.23. The van der Waals surface area contributed by atoms with E-state index in [9.17, 15) is 0 Å². The smallest absolute Gasteiger partial charge is 0.161 e. The van der Waals surface area contributed by atoms with Gasteiger partial charge in [0.25, 0.3) is 0 Å². The Hall–Kier alpha value is -6.52. The fourth-order valence-corrected chi connectivity index (χ4v) is 7.05. The maximum Gasteiger partial charge on any atom is 0.161 e. The zero-order valence-electron chi connectivity index (χ0n) is 25.7. The van der Waals surface area contributed by atoms with Crippen LogP contribution in [0.1, 0.15) is 0 Å². The van der Waals surface area contributed by atoms with Crippen molar-refractivity contribution in [2.24, 2.45) is 0 Å². The molecule has 3 aromatic heterocycles. The van der Waals surface area contributed by atoms with Gasteiger partial charge in [-0.2, -0.15) is 0 Å². The van der Waals surface area contributed by atoms with Crippen molar-refractivity contribution in [3.8, 4) is 45.0 Å². The molecule has 0 amide bonds. The summed E-state index contributed by atoms with van der Waals surface area (Å²) in [4.78, 5) is 10.5. The van der Waals surface area contributed by atoms with Gasteiger partial charge >= 0.3 is 0 Å². The van der Waals surface area contributed by atoms with E-state index in [1.54, 1.807) is 0 Å². The minimum absolute atomic E-state index is 0.641. The second kappa shape index (κ2) is 10.5. The Morgan fingerprint density at radius 2 is 1.00 bits per heavy atom. The Morgan fingerprint density at radius 3 is 1.85 bits per heavy atom.